The molecule has 3 rings (SSSR count). The Labute approximate surface area is 157 Å². The van der Waals surface area contributed by atoms with E-state index >= 15 is 0 Å². The summed E-state index contributed by atoms with van der Waals surface area (Å²) >= 11 is 8.10. The van der Waals surface area contributed by atoms with E-state index in [2.05, 4.69) is 17.2 Å². The summed E-state index contributed by atoms with van der Waals surface area (Å²) in [5, 5.41) is 5.25. The number of aromatic nitrogens is 1. The third-order valence-corrected chi connectivity index (χ3v) is 5.02. The first-order chi connectivity index (χ1) is 12.2. The van der Waals surface area contributed by atoms with Crippen molar-refractivity contribution in [3.05, 3.63) is 80.8 Å². The molecule has 0 amide bonds. The molecular formula is C20H21ClN2OS. The summed E-state index contributed by atoms with van der Waals surface area (Å²) in [6.07, 6.45) is 2.87. The van der Waals surface area contributed by atoms with Crippen molar-refractivity contribution in [1.29, 1.82) is 0 Å². The quantitative estimate of drug-likeness (QED) is 0.564. The Balaban J connectivity index is 1.46. The molecule has 1 aromatic heterocycles. The highest BCUT2D eigenvalue weighted by Gasteiger charge is 2.04. The van der Waals surface area contributed by atoms with E-state index in [4.69, 9.17) is 16.3 Å². The van der Waals surface area contributed by atoms with Gasteiger partial charge in [0.05, 0.1) is 10.0 Å². The Morgan fingerprint density at radius 1 is 1.12 bits per heavy atom. The van der Waals surface area contributed by atoms with Crippen LogP contribution >= 0.6 is 22.9 Å². The van der Waals surface area contributed by atoms with Gasteiger partial charge in [-0.15, -0.1) is 11.3 Å². The van der Waals surface area contributed by atoms with Gasteiger partial charge in [-0.25, -0.2) is 4.98 Å². The minimum absolute atomic E-state index is 0.519. The fourth-order valence-electron chi connectivity index (χ4n) is 2.45. The van der Waals surface area contributed by atoms with Crippen molar-refractivity contribution in [2.24, 2.45) is 0 Å². The summed E-state index contributed by atoms with van der Waals surface area (Å²) in [7, 11) is 0. The highest BCUT2D eigenvalue weighted by molar-refractivity contribution is 7.11. The molecule has 1 heterocycles. The number of ether oxygens (including phenoxy) is 1. The largest absolute Gasteiger partial charge is 0.487 e. The van der Waals surface area contributed by atoms with Crippen LogP contribution in [-0.4, -0.2) is 11.5 Å². The lowest BCUT2D eigenvalue weighted by Crippen LogP contribution is -2.16. The molecule has 3 aromatic rings. The molecule has 0 fully saturated rings. The monoisotopic (exact) mass is 372 g/mol. The second-order valence-corrected chi connectivity index (χ2v) is 7.56. The van der Waals surface area contributed by atoms with E-state index in [9.17, 15) is 0 Å². The van der Waals surface area contributed by atoms with Crippen molar-refractivity contribution in [2.45, 2.75) is 26.5 Å². The molecule has 1 N–H and O–H groups in total. The van der Waals surface area contributed by atoms with E-state index in [1.807, 2.05) is 54.7 Å². The fourth-order valence-corrected chi connectivity index (χ4v) is 3.50. The molecule has 0 saturated heterocycles. The maximum atomic E-state index is 6.35. The van der Waals surface area contributed by atoms with Crippen LogP contribution in [0.2, 0.25) is 5.02 Å². The predicted octanol–water partition coefficient (Wildman–Crippen LogP) is 5.02. The Hall–Kier alpha value is -1.88. The van der Waals surface area contributed by atoms with E-state index in [0.717, 1.165) is 30.6 Å². The van der Waals surface area contributed by atoms with Crippen molar-refractivity contribution in [1.82, 2.24) is 10.3 Å². The number of benzene rings is 2. The first-order valence-corrected chi connectivity index (χ1v) is 9.47. The maximum absolute atomic E-state index is 6.35. The van der Waals surface area contributed by atoms with Crippen molar-refractivity contribution >= 4 is 22.9 Å². The summed E-state index contributed by atoms with van der Waals surface area (Å²) in [6, 6.07) is 16.0. The van der Waals surface area contributed by atoms with Gasteiger partial charge in [0.25, 0.3) is 0 Å². The Kier molecular flexibility index (Phi) is 6.45. The van der Waals surface area contributed by atoms with E-state index in [0.29, 0.717) is 17.4 Å². The van der Waals surface area contributed by atoms with Crippen LogP contribution in [0.25, 0.3) is 0 Å². The molecule has 0 spiro atoms. The van der Waals surface area contributed by atoms with E-state index in [1.54, 1.807) is 11.3 Å². The molecule has 0 unspecified atom stereocenters. The van der Waals surface area contributed by atoms with Gasteiger partial charge in [-0.05, 0) is 30.2 Å². The normalized spacial score (nSPS) is 10.8. The zero-order valence-corrected chi connectivity index (χ0v) is 15.7. The lowest BCUT2D eigenvalue weighted by Gasteiger charge is -2.10. The third-order valence-electron chi connectivity index (χ3n) is 3.75. The van der Waals surface area contributed by atoms with Crippen molar-refractivity contribution in [3.8, 4) is 5.75 Å². The molecule has 0 radical (unpaired) electrons. The summed E-state index contributed by atoms with van der Waals surface area (Å²) in [5.74, 6) is 0.715. The number of aryl methyl sites for hydroxylation is 1. The highest BCUT2D eigenvalue weighted by atomic mass is 35.5. The number of thiazole rings is 1. The average Bonchev–Trinajstić information content (AvgIpc) is 3.04. The molecule has 3 nitrogen and oxygen atoms in total. The Morgan fingerprint density at radius 2 is 1.96 bits per heavy atom. The molecule has 5 heteroatoms. The minimum Gasteiger partial charge on any atom is -0.487 e. The van der Waals surface area contributed by atoms with Gasteiger partial charge in [0.1, 0.15) is 12.4 Å². The third kappa shape index (κ3) is 5.56. The van der Waals surface area contributed by atoms with Crippen LogP contribution in [0.1, 0.15) is 21.0 Å². The first-order valence-electron chi connectivity index (χ1n) is 8.28. The van der Waals surface area contributed by atoms with E-state index in [-0.39, 0.29) is 0 Å². The van der Waals surface area contributed by atoms with Gasteiger partial charge in [0.15, 0.2) is 0 Å². The topological polar surface area (TPSA) is 34.2 Å². The van der Waals surface area contributed by atoms with Crippen LogP contribution in [-0.2, 0) is 19.6 Å². The number of hydrogen-bond donors (Lipinski definition) is 1. The number of rotatable bonds is 8. The van der Waals surface area contributed by atoms with Crippen LogP contribution < -0.4 is 10.1 Å². The van der Waals surface area contributed by atoms with E-state index < -0.39 is 0 Å². The number of halogens is 1. The molecule has 0 saturated carbocycles. The highest BCUT2D eigenvalue weighted by Crippen LogP contribution is 2.26. The lowest BCUT2D eigenvalue weighted by molar-refractivity contribution is 0.306. The van der Waals surface area contributed by atoms with Gasteiger partial charge in [-0.2, -0.15) is 0 Å². The van der Waals surface area contributed by atoms with Crippen LogP contribution in [0.15, 0.2) is 54.7 Å². The second kappa shape index (κ2) is 8.99. The lowest BCUT2D eigenvalue weighted by atomic mass is 10.2. The number of nitrogens with one attached hydrogen (secondary N) is 1. The van der Waals surface area contributed by atoms with E-state index in [1.165, 1.54) is 9.88 Å². The number of nitrogens with zero attached hydrogens (tertiary/aromatic N) is 1. The zero-order chi connectivity index (χ0) is 17.5. The number of hydrogen-bond acceptors (Lipinski definition) is 4. The Bertz CT molecular complexity index is 804. The van der Waals surface area contributed by atoms with Gasteiger partial charge >= 0.3 is 0 Å². The molecular weight excluding hydrogens is 352 g/mol. The molecule has 0 aliphatic heterocycles. The van der Waals surface area contributed by atoms with Crippen LogP contribution in [0.4, 0.5) is 0 Å². The van der Waals surface area contributed by atoms with Gasteiger partial charge in [0, 0.05) is 30.6 Å². The molecule has 0 bridgehead atoms. The van der Waals surface area contributed by atoms with Crippen molar-refractivity contribution < 1.29 is 4.74 Å². The van der Waals surface area contributed by atoms with Crippen molar-refractivity contribution in [3.63, 3.8) is 0 Å². The predicted molar refractivity (Wildman–Crippen MR) is 104 cm³/mol. The smallest absolute Gasteiger partial charge is 0.138 e. The van der Waals surface area contributed by atoms with Crippen LogP contribution in [0, 0.1) is 6.92 Å². The summed E-state index contributed by atoms with van der Waals surface area (Å²) in [5.41, 5.74) is 2.27. The van der Waals surface area contributed by atoms with Crippen molar-refractivity contribution in [2.75, 3.05) is 6.54 Å². The van der Waals surface area contributed by atoms with Crippen LogP contribution in [0.5, 0.6) is 5.75 Å². The molecule has 2 aromatic carbocycles. The first kappa shape index (κ1) is 17.9. The fraction of sp³-hybridized carbons (Fsp3) is 0.250. The zero-order valence-electron chi connectivity index (χ0n) is 14.2. The summed E-state index contributed by atoms with van der Waals surface area (Å²) in [6.45, 7) is 4.28. The standard InChI is InChI=1S/C20H21ClN2OS/c1-15-12-23-20(25-15)9-10-22-13-17-7-8-19(18(21)11-17)24-14-16-5-3-2-4-6-16/h2-8,11-12,22H,9-10,13-14H2,1H3. The second-order valence-electron chi connectivity index (χ2n) is 5.83. The van der Waals surface area contributed by atoms with Gasteiger partial charge in [0.2, 0.25) is 0 Å². The van der Waals surface area contributed by atoms with Gasteiger partial charge in [-0.1, -0.05) is 48.0 Å². The maximum Gasteiger partial charge on any atom is 0.138 e. The average molecular weight is 373 g/mol. The van der Waals surface area contributed by atoms with Gasteiger partial charge in [-0.3, -0.25) is 0 Å². The molecule has 0 atom stereocenters. The van der Waals surface area contributed by atoms with Crippen LogP contribution in [0.3, 0.4) is 0 Å². The summed E-state index contributed by atoms with van der Waals surface area (Å²) in [4.78, 5) is 5.63. The molecule has 0 aliphatic carbocycles. The molecule has 25 heavy (non-hydrogen) atoms. The SMILES string of the molecule is Cc1cnc(CCNCc2ccc(OCc3ccccc3)c(Cl)c2)s1. The Morgan fingerprint density at radius 3 is 2.68 bits per heavy atom. The minimum atomic E-state index is 0.519. The molecule has 130 valence electrons. The molecule has 0 aliphatic rings. The van der Waals surface area contributed by atoms with Gasteiger partial charge < -0.3 is 10.1 Å². The summed E-state index contributed by atoms with van der Waals surface area (Å²) < 4.78 is 5.80.